The Bertz CT molecular complexity index is 1190. The van der Waals surface area contributed by atoms with Gasteiger partial charge < -0.3 is 70.2 Å². The first-order chi connectivity index (χ1) is 33.5. The van der Waals surface area contributed by atoms with E-state index in [1.54, 1.807) is 0 Å². The van der Waals surface area contributed by atoms with Crippen LogP contribution in [0.5, 0.6) is 0 Å². The summed E-state index contributed by atoms with van der Waals surface area (Å²) in [5, 5.41) is 97.1. The van der Waals surface area contributed by atoms with E-state index in [1.165, 1.54) is 154 Å². The molecule has 2 rings (SSSR count). The zero-order chi connectivity index (χ0) is 50.5. The first-order valence-corrected chi connectivity index (χ1v) is 28.4. The van der Waals surface area contributed by atoms with Crippen LogP contribution in [0.1, 0.15) is 239 Å². The van der Waals surface area contributed by atoms with Crippen LogP contribution in [0.2, 0.25) is 0 Å². The average Bonchev–Trinajstić information content (AvgIpc) is 3.35. The van der Waals surface area contributed by atoms with Crippen LogP contribution in [0.3, 0.4) is 0 Å². The molecule has 13 atom stereocenters. The molecule has 0 aromatic heterocycles. The van der Waals surface area contributed by atoms with E-state index < -0.39 is 105 Å². The molecule has 0 radical (unpaired) electrons. The third kappa shape index (κ3) is 27.7. The molecule has 0 bridgehead atoms. The normalized spacial score (nSPS) is 26.5. The molecular formula is C54H105NO14. The molecule has 15 nitrogen and oxygen atoms in total. The molecule has 0 aromatic rings. The summed E-state index contributed by atoms with van der Waals surface area (Å²) >= 11 is 0. The number of rotatable bonds is 45. The van der Waals surface area contributed by atoms with Gasteiger partial charge in [0, 0.05) is 0 Å². The predicted octanol–water partition coefficient (Wildman–Crippen LogP) is 7.53. The SMILES string of the molecule is CCCCCCCCCCCCCCCCCCCCCCC(O)C(=O)N[C@H](CO[C@H]1O[C@H](CO)[C@H](O)[C@H](O)[C@H]1O)[C@@H](CCCCCCCCCCCCCCC)O[C@H]1O[C@H](CO)[C@H](O)[C@H](O)[C@H]1O. The van der Waals surface area contributed by atoms with E-state index in [9.17, 15) is 50.8 Å². The highest BCUT2D eigenvalue weighted by molar-refractivity contribution is 5.80. The van der Waals surface area contributed by atoms with Gasteiger partial charge in [-0.3, -0.25) is 4.79 Å². The number of aliphatic hydroxyl groups excluding tert-OH is 9. The Kier molecular flexibility index (Phi) is 38.4. The maximum absolute atomic E-state index is 13.7. The lowest BCUT2D eigenvalue weighted by atomic mass is 9.98. The maximum atomic E-state index is 13.7. The first kappa shape index (κ1) is 64.1. The molecule has 2 saturated heterocycles. The minimum Gasteiger partial charge on any atom is -0.394 e. The lowest BCUT2D eigenvalue weighted by Gasteiger charge is -2.42. The van der Waals surface area contributed by atoms with Crippen LogP contribution in [0, 0.1) is 0 Å². The van der Waals surface area contributed by atoms with Crippen molar-refractivity contribution in [3.05, 3.63) is 0 Å². The second-order valence-electron chi connectivity index (χ2n) is 20.6. The van der Waals surface area contributed by atoms with E-state index in [2.05, 4.69) is 19.2 Å². The Balaban J connectivity index is 1.93. The van der Waals surface area contributed by atoms with Gasteiger partial charge in [-0.05, 0) is 12.8 Å². The average molecular weight is 992 g/mol. The number of unbranched alkanes of at least 4 members (excludes halogenated alkanes) is 31. The lowest BCUT2D eigenvalue weighted by Crippen LogP contribution is -2.62. The molecule has 69 heavy (non-hydrogen) atoms. The molecule has 2 heterocycles. The molecule has 10 N–H and O–H groups in total. The van der Waals surface area contributed by atoms with Crippen LogP contribution < -0.4 is 5.32 Å². The van der Waals surface area contributed by atoms with Gasteiger partial charge >= 0.3 is 0 Å². The van der Waals surface area contributed by atoms with Crippen molar-refractivity contribution in [3.63, 3.8) is 0 Å². The summed E-state index contributed by atoms with van der Waals surface area (Å²) in [6.07, 6.45) is 22.2. The summed E-state index contributed by atoms with van der Waals surface area (Å²) in [6, 6.07) is -1.07. The van der Waals surface area contributed by atoms with Crippen molar-refractivity contribution in [2.75, 3.05) is 19.8 Å². The summed E-state index contributed by atoms with van der Waals surface area (Å²) in [5.41, 5.74) is 0. The summed E-state index contributed by atoms with van der Waals surface area (Å²) in [5.74, 6) is -0.692. The standard InChI is InChI=1S/C54H105NO14/c1-3-5-7-9-11-13-15-17-18-19-20-21-22-23-25-26-28-30-32-34-36-42(58)52(65)55-41(40-66-53-50(63)48(61)46(59)44(38-56)68-53)43(67-54-51(64)49(62)47(60)45(39-57)69-54)37-35-33-31-29-27-24-16-14-12-10-8-6-4-2/h41-51,53-54,56-64H,3-40H2,1-2H3,(H,55,65)/t41-,42?,43-,44-,45-,46+,47+,48+,49+,50-,51-,53+,54+/m1/s1. The fourth-order valence-corrected chi connectivity index (χ4v) is 9.73. The Morgan fingerprint density at radius 2 is 0.768 bits per heavy atom. The minimum atomic E-state index is -1.72. The Morgan fingerprint density at radius 3 is 1.13 bits per heavy atom. The Labute approximate surface area is 417 Å². The second kappa shape index (κ2) is 41.3. The Morgan fingerprint density at radius 1 is 0.449 bits per heavy atom. The van der Waals surface area contributed by atoms with E-state index in [0.29, 0.717) is 19.3 Å². The summed E-state index contributed by atoms with van der Waals surface area (Å²) < 4.78 is 23.5. The van der Waals surface area contributed by atoms with E-state index in [0.717, 1.165) is 44.9 Å². The monoisotopic (exact) mass is 992 g/mol. The van der Waals surface area contributed by atoms with Gasteiger partial charge in [0.15, 0.2) is 12.6 Å². The molecule has 15 heteroatoms. The van der Waals surface area contributed by atoms with Crippen molar-refractivity contribution >= 4 is 5.91 Å². The van der Waals surface area contributed by atoms with Crippen LogP contribution >= 0.6 is 0 Å². The minimum absolute atomic E-state index is 0.224. The number of carbonyl (C=O) groups is 1. The van der Waals surface area contributed by atoms with Crippen molar-refractivity contribution in [2.24, 2.45) is 0 Å². The van der Waals surface area contributed by atoms with Crippen molar-refractivity contribution in [1.29, 1.82) is 0 Å². The molecule has 410 valence electrons. The number of nitrogens with one attached hydrogen (secondary N) is 1. The van der Waals surface area contributed by atoms with Crippen LogP contribution in [-0.2, 0) is 23.7 Å². The summed E-state index contributed by atoms with van der Waals surface area (Å²) in [7, 11) is 0. The molecule has 0 aliphatic carbocycles. The smallest absolute Gasteiger partial charge is 0.249 e. The Hall–Kier alpha value is -1.05. The highest BCUT2D eigenvalue weighted by Gasteiger charge is 2.47. The molecular weight excluding hydrogens is 887 g/mol. The number of carbonyl (C=O) groups excluding carboxylic acids is 1. The maximum Gasteiger partial charge on any atom is 0.249 e. The zero-order valence-electron chi connectivity index (χ0n) is 43.4. The summed E-state index contributed by atoms with van der Waals surface area (Å²) in [6.45, 7) is 2.75. The van der Waals surface area contributed by atoms with E-state index in [4.69, 9.17) is 18.9 Å². The third-order valence-electron chi connectivity index (χ3n) is 14.4. The van der Waals surface area contributed by atoms with Gasteiger partial charge in [0.25, 0.3) is 0 Å². The van der Waals surface area contributed by atoms with E-state index in [1.807, 2.05) is 0 Å². The number of ether oxygens (including phenoxy) is 4. The van der Waals surface area contributed by atoms with Gasteiger partial charge in [0.1, 0.15) is 54.9 Å². The van der Waals surface area contributed by atoms with Crippen LogP contribution in [0.15, 0.2) is 0 Å². The van der Waals surface area contributed by atoms with Gasteiger partial charge in [-0.25, -0.2) is 0 Å². The molecule has 2 fully saturated rings. The van der Waals surface area contributed by atoms with Crippen LogP contribution in [-0.4, -0.2) is 151 Å². The van der Waals surface area contributed by atoms with E-state index in [-0.39, 0.29) is 6.42 Å². The van der Waals surface area contributed by atoms with Gasteiger partial charge in [0.2, 0.25) is 5.91 Å². The largest absolute Gasteiger partial charge is 0.394 e. The number of aliphatic hydroxyl groups is 9. The third-order valence-corrected chi connectivity index (χ3v) is 14.4. The van der Waals surface area contributed by atoms with Gasteiger partial charge in [-0.1, -0.05) is 226 Å². The fourth-order valence-electron chi connectivity index (χ4n) is 9.73. The van der Waals surface area contributed by atoms with Crippen molar-refractivity contribution < 1.29 is 69.7 Å². The quantitative estimate of drug-likeness (QED) is 0.0265. The first-order valence-electron chi connectivity index (χ1n) is 28.4. The van der Waals surface area contributed by atoms with Crippen molar-refractivity contribution in [2.45, 2.75) is 318 Å². The molecule has 1 amide bonds. The van der Waals surface area contributed by atoms with E-state index >= 15 is 0 Å². The summed E-state index contributed by atoms with van der Waals surface area (Å²) in [4.78, 5) is 13.7. The molecule has 0 saturated carbocycles. The molecule has 2 aliphatic rings. The highest BCUT2D eigenvalue weighted by Crippen LogP contribution is 2.28. The highest BCUT2D eigenvalue weighted by atomic mass is 16.7. The van der Waals surface area contributed by atoms with Crippen molar-refractivity contribution in [3.8, 4) is 0 Å². The fraction of sp³-hybridized carbons (Fsp3) is 0.981. The molecule has 0 aromatic carbocycles. The van der Waals surface area contributed by atoms with Crippen LogP contribution in [0.25, 0.3) is 0 Å². The van der Waals surface area contributed by atoms with Gasteiger partial charge in [-0.15, -0.1) is 0 Å². The zero-order valence-corrected chi connectivity index (χ0v) is 43.4. The molecule has 1 unspecified atom stereocenters. The number of amides is 1. The molecule has 0 spiro atoms. The van der Waals surface area contributed by atoms with Crippen molar-refractivity contribution in [1.82, 2.24) is 5.32 Å². The predicted molar refractivity (Wildman–Crippen MR) is 269 cm³/mol. The number of hydrogen-bond acceptors (Lipinski definition) is 14. The van der Waals surface area contributed by atoms with Gasteiger partial charge in [-0.2, -0.15) is 0 Å². The number of hydrogen-bond donors (Lipinski definition) is 10. The molecule has 2 aliphatic heterocycles. The topological polar surface area (TPSA) is 248 Å². The lowest BCUT2D eigenvalue weighted by molar-refractivity contribution is -0.319. The van der Waals surface area contributed by atoms with Crippen LogP contribution in [0.4, 0.5) is 0 Å². The second-order valence-corrected chi connectivity index (χ2v) is 20.6. The van der Waals surface area contributed by atoms with Gasteiger partial charge in [0.05, 0.1) is 32.0 Å².